The number of aliphatic imine (C=N–C) groups is 1. The first kappa shape index (κ1) is 13.2. The van der Waals surface area contributed by atoms with Gasteiger partial charge < -0.3 is 5.32 Å². The van der Waals surface area contributed by atoms with E-state index in [1.165, 1.54) is 5.70 Å². The highest BCUT2D eigenvalue weighted by atomic mass is 15.0. The molecule has 0 saturated heterocycles. The van der Waals surface area contributed by atoms with Gasteiger partial charge in [-0.05, 0) is 47.1 Å². The summed E-state index contributed by atoms with van der Waals surface area (Å²) in [5.74, 6) is 0. The Morgan fingerprint density at radius 3 is 2.29 bits per heavy atom. The highest BCUT2D eigenvalue weighted by molar-refractivity contribution is 5.93. The van der Waals surface area contributed by atoms with Gasteiger partial charge in [0, 0.05) is 23.5 Å². The van der Waals surface area contributed by atoms with E-state index in [0.29, 0.717) is 0 Å². The Labute approximate surface area is 88.5 Å². The molecule has 0 amide bonds. The Bertz CT molecular complexity index is 219. The maximum Gasteiger partial charge on any atom is 0.0389 e. The third-order valence-corrected chi connectivity index (χ3v) is 1.58. The second-order valence-electron chi connectivity index (χ2n) is 4.73. The summed E-state index contributed by atoms with van der Waals surface area (Å²) in [4.78, 5) is 4.41. The molecule has 2 heteroatoms. The quantitative estimate of drug-likeness (QED) is 0.686. The van der Waals surface area contributed by atoms with Crippen molar-refractivity contribution in [1.82, 2.24) is 5.32 Å². The Morgan fingerprint density at radius 2 is 1.86 bits per heavy atom. The summed E-state index contributed by atoms with van der Waals surface area (Å²) in [5.41, 5.74) is 2.40. The van der Waals surface area contributed by atoms with E-state index >= 15 is 0 Å². The first-order valence-corrected chi connectivity index (χ1v) is 5.32. The average molecular weight is 196 g/mol. The lowest BCUT2D eigenvalue weighted by atomic mass is 10.1. The van der Waals surface area contributed by atoms with Gasteiger partial charge in [-0.1, -0.05) is 6.92 Å². The van der Waals surface area contributed by atoms with Gasteiger partial charge in [0.1, 0.15) is 0 Å². The fourth-order valence-electron chi connectivity index (χ4n) is 1.27. The van der Waals surface area contributed by atoms with Gasteiger partial charge >= 0.3 is 0 Å². The molecular formula is C12H24N2. The van der Waals surface area contributed by atoms with Gasteiger partial charge in [-0.15, -0.1) is 0 Å². The minimum absolute atomic E-state index is 0.131. The normalized spacial score (nSPS) is 14.4. The van der Waals surface area contributed by atoms with Gasteiger partial charge in [-0.25, -0.2) is 0 Å². The second-order valence-corrected chi connectivity index (χ2v) is 4.73. The van der Waals surface area contributed by atoms with Crippen LogP contribution in [0.1, 0.15) is 48.0 Å². The first-order valence-electron chi connectivity index (χ1n) is 5.32. The third-order valence-electron chi connectivity index (χ3n) is 1.58. The van der Waals surface area contributed by atoms with Crippen molar-refractivity contribution in [3.8, 4) is 0 Å². The van der Waals surface area contributed by atoms with Crippen molar-refractivity contribution >= 4 is 5.71 Å². The van der Waals surface area contributed by atoms with Crippen LogP contribution in [0.25, 0.3) is 0 Å². The van der Waals surface area contributed by atoms with Gasteiger partial charge in [0.2, 0.25) is 0 Å². The standard InChI is InChI=1S/C12H24N2/c1-7-8-13-10(2)9-11(3)14-12(4,5)6/h9,14H,7-8H2,1-6H3. The summed E-state index contributed by atoms with van der Waals surface area (Å²) >= 11 is 0. The molecular weight excluding hydrogens is 172 g/mol. The molecule has 0 aliphatic rings. The van der Waals surface area contributed by atoms with E-state index in [1.807, 2.05) is 6.92 Å². The highest BCUT2D eigenvalue weighted by Gasteiger charge is 2.07. The molecule has 0 aliphatic carbocycles. The monoisotopic (exact) mass is 196 g/mol. The van der Waals surface area contributed by atoms with E-state index in [4.69, 9.17) is 0 Å². The molecule has 0 aromatic carbocycles. The number of hydrogen-bond acceptors (Lipinski definition) is 2. The molecule has 14 heavy (non-hydrogen) atoms. The molecule has 0 spiro atoms. The lowest BCUT2D eigenvalue weighted by Crippen LogP contribution is -2.34. The molecule has 0 aromatic heterocycles. The van der Waals surface area contributed by atoms with Gasteiger partial charge in [0.15, 0.2) is 0 Å². The van der Waals surface area contributed by atoms with Crippen molar-refractivity contribution in [2.45, 2.75) is 53.5 Å². The van der Waals surface area contributed by atoms with Crippen LogP contribution in [-0.2, 0) is 0 Å². The average Bonchev–Trinajstić information content (AvgIpc) is 1.96. The molecule has 2 nitrogen and oxygen atoms in total. The molecule has 0 unspecified atom stereocenters. The maximum atomic E-state index is 4.41. The molecule has 0 radical (unpaired) electrons. The lowest BCUT2D eigenvalue weighted by Gasteiger charge is -2.22. The predicted octanol–water partition coefficient (Wildman–Crippen LogP) is 3.15. The van der Waals surface area contributed by atoms with Crippen LogP contribution in [0.2, 0.25) is 0 Å². The van der Waals surface area contributed by atoms with Crippen LogP contribution >= 0.6 is 0 Å². The fourth-order valence-corrected chi connectivity index (χ4v) is 1.27. The number of nitrogens with zero attached hydrogens (tertiary/aromatic N) is 1. The van der Waals surface area contributed by atoms with E-state index in [1.54, 1.807) is 0 Å². The van der Waals surface area contributed by atoms with Gasteiger partial charge in [0.25, 0.3) is 0 Å². The lowest BCUT2D eigenvalue weighted by molar-refractivity contribution is 0.474. The van der Waals surface area contributed by atoms with Crippen LogP contribution in [0.15, 0.2) is 16.8 Å². The van der Waals surface area contributed by atoms with Crippen molar-refractivity contribution < 1.29 is 0 Å². The maximum absolute atomic E-state index is 4.41. The van der Waals surface area contributed by atoms with Crippen LogP contribution < -0.4 is 5.32 Å². The van der Waals surface area contributed by atoms with E-state index in [-0.39, 0.29) is 5.54 Å². The predicted molar refractivity (Wildman–Crippen MR) is 64.9 cm³/mol. The molecule has 0 fully saturated rings. The Hall–Kier alpha value is -0.790. The van der Waals surface area contributed by atoms with Crippen LogP contribution in [0.3, 0.4) is 0 Å². The number of hydrogen-bond donors (Lipinski definition) is 1. The molecule has 0 aromatic rings. The number of nitrogens with one attached hydrogen (secondary N) is 1. The Balaban J connectivity index is 4.23. The van der Waals surface area contributed by atoms with Crippen LogP contribution in [0.5, 0.6) is 0 Å². The van der Waals surface area contributed by atoms with Gasteiger partial charge in [0.05, 0.1) is 0 Å². The minimum atomic E-state index is 0.131. The first-order chi connectivity index (χ1) is 6.35. The zero-order valence-electron chi connectivity index (χ0n) is 10.4. The molecule has 0 heterocycles. The second kappa shape index (κ2) is 5.84. The summed E-state index contributed by atoms with van der Waals surface area (Å²) in [6.07, 6.45) is 3.21. The van der Waals surface area contributed by atoms with Crippen LogP contribution in [0, 0.1) is 0 Å². The van der Waals surface area contributed by atoms with Gasteiger partial charge in [-0.2, -0.15) is 0 Å². The third kappa shape index (κ3) is 7.84. The molecule has 0 atom stereocenters. The Kier molecular flexibility index (Phi) is 5.51. The van der Waals surface area contributed by atoms with E-state index in [2.05, 4.69) is 51.0 Å². The van der Waals surface area contributed by atoms with Crippen molar-refractivity contribution in [1.29, 1.82) is 0 Å². The summed E-state index contributed by atoms with van der Waals surface area (Å²) in [6, 6.07) is 0. The molecule has 0 bridgehead atoms. The summed E-state index contributed by atoms with van der Waals surface area (Å²) in [5, 5.41) is 3.41. The highest BCUT2D eigenvalue weighted by Crippen LogP contribution is 2.03. The van der Waals surface area contributed by atoms with Crippen molar-refractivity contribution in [2.75, 3.05) is 6.54 Å². The summed E-state index contributed by atoms with van der Waals surface area (Å²) in [6.45, 7) is 13.7. The van der Waals surface area contributed by atoms with Crippen molar-refractivity contribution in [2.24, 2.45) is 4.99 Å². The molecule has 82 valence electrons. The van der Waals surface area contributed by atoms with Crippen molar-refractivity contribution in [3.05, 3.63) is 11.8 Å². The van der Waals surface area contributed by atoms with E-state index in [0.717, 1.165) is 18.7 Å². The zero-order chi connectivity index (χ0) is 11.2. The fraction of sp³-hybridized carbons (Fsp3) is 0.750. The largest absolute Gasteiger partial charge is 0.384 e. The zero-order valence-corrected chi connectivity index (χ0v) is 10.4. The summed E-state index contributed by atoms with van der Waals surface area (Å²) in [7, 11) is 0. The SMILES string of the molecule is CCCN=C(C)C=C(C)NC(C)(C)C. The minimum Gasteiger partial charge on any atom is -0.384 e. The van der Waals surface area contributed by atoms with Crippen molar-refractivity contribution in [3.63, 3.8) is 0 Å². The van der Waals surface area contributed by atoms with E-state index < -0.39 is 0 Å². The van der Waals surface area contributed by atoms with Crippen LogP contribution in [0.4, 0.5) is 0 Å². The topological polar surface area (TPSA) is 24.4 Å². The van der Waals surface area contributed by atoms with E-state index in [9.17, 15) is 0 Å². The van der Waals surface area contributed by atoms with Crippen LogP contribution in [-0.4, -0.2) is 17.8 Å². The Morgan fingerprint density at radius 1 is 1.29 bits per heavy atom. The number of allylic oxidation sites excluding steroid dienone is 2. The number of rotatable bonds is 4. The molecule has 0 saturated carbocycles. The smallest absolute Gasteiger partial charge is 0.0389 e. The summed E-state index contributed by atoms with van der Waals surface area (Å²) < 4.78 is 0. The molecule has 1 N–H and O–H groups in total. The van der Waals surface area contributed by atoms with Gasteiger partial charge in [-0.3, -0.25) is 4.99 Å². The molecule has 0 aliphatic heterocycles. The molecule has 0 rings (SSSR count).